The van der Waals surface area contributed by atoms with Gasteiger partial charge in [-0.25, -0.2) is 0 Å². The predicted molar refractivity (Wildman–Crippen MR) is 197 cm³/mol. The third-order valence-electron chi connectivity index (χ3n) is 7.51. The summed E-state index contributed by atoms with van der Waals surface area (Å²) in [7, 11) is 0. The van der Waals surface area contributed by atoms with E-state index in [4.69, 9.17) is 4.74 Å². The van der Waals surface area contributed by atoms with E-state index in [2.05, 4.69) is 20.6 Å². The standard InChI is InChI=1S/C23H18N2O3.C16H12N2O3.CH4/c26-22-19-11-4-5-12-21(19)24-14-20(22)23(27)25-17-9-6-10-18(13-17)28-15-16-7-2-1-3-8-16;19-11-5-3-4-10(8-11)18-16(21)13-9-17-14-7-2-1-6-12(14)15(13)20;/h1-14H,15H2,(H,24,26)(H,25,27);1-9,19H,(H,17,20)(H,18,21);1H4. The van der Waals surface area contributed by atoms with E-state index in [9.17, 15) is 24.3 Å². The lowest BCUT2D eigenvalue weighted by atomic mass is 10.1. The molecule has 10 nitrogen and oxygen atoms in total. The minimum absolute atomic E-state index is 0. The number of H-pyrrole nitrogens is 2. The molecule has 7 aromatic rings. The highest BCUT2D eigenvalue weighted by molar-refractivity contribution is 6.06. The first kappa shape index (κ1) is 34.4. The van der Waals surface area contributed by atoms with Gasteiger partial charge in [0.05, 0.1) is 0 Å². The Balaban J connectivity index is 0.000000198. The molecule has 0 fully saturated rings. The van der Waals surface area contributed by atoms with Crippen LogP contribution in [0.2, 0.25) is 0 Å². The van der Waals surface area contributed by atoms with E-state index in [0.717, 1.165) is 5.56 Å². The zero-order valence-corrected chi connectivity index (χ0v) is 26.0. The molecule has 7 rings (SSSR count). The van der Waals surface area contributed by atoms with Crippen LogP contribution in [0, 0.1) is 0 Å². The number of para-hydroxylation sites is 2. The normalized spacial score (nSPS) is 10.3. The Labute approximate surface area is 287 Å². The van der Waals surface area contributed by atoms with Crippen molar-refractivity contribution >= 4 is 45.0 Å². The molecule has 0 saturated carbocycles. The summed E-state index contributed by atoms with van der Waals surface area (Å²) in [5, 5.41) is 15.7. The molecule has 5 N–H and O–H groups in total. The summed E-state index contributed by atoms with van der Waals surface area (Å²) in [6, 6.07) is 37.2. The molecule has 0 bridgehead atoms. The number of anilines is 2. The minimum Gasteiger partial charge on any atom is -0.508 e. The molecule has 0 aliphatic carbocycles. The number of aromatic hydroxyl groups is 1. The molecule has 2 heterocycles. The summed E-state index contributed by atoms with van der Waals surface area (Å²) in [6.45, 7) is 0.433. The van der Waals surface area contributed by atoms with Crippen molar-refractivity contribution in [2.24, 2.45) is 0 Å². The number of benzene rings is 5. The third-order valence-corrected chi connectivity index (χ3v) is 7.51. The average molecular weight is 667 g/mol. The fraction of sp³-hybridized carbons (Fsp3) is 0.0500. The number of fused-ring (bicyclic) bond motifs is 2. The van der Waals surface area contributed by atoms with Crippen LogP contribution in [0.1, 0.15) is 33.7 Å². The zero-order valence-electron chi connectivity index (χ0n) is 26.0. The summed E-state index contributed by atoms with van der Waals surface area (Å²) in [5.74, 6) is -0.311. The van der Waals surface area contributed by atoms with Crippen molar-refractivity contribution in [3.8, 4) is 11.5 Å². The van der Waals surface area contributed by atoms with Crippen LogP contribution in [0.15, 0.2) is 149 Å². The second kappa shape index (κ2) is 15.8. The molecule has 10 heteroatoms. The number of rotatable bonds is 7. The van der Waals surface area contributed by atoms with Crippen LogP contribution in [-0.4, -0.2) is 26.9 Å². The van der Waals surface area contributed by atoms with Crippen molar-refractivity contribution in [2.45, 2.75) is 14.0 Å². The van der Waals surface area contributed by atoms with E-state index in [1.54, 1.807) is 66.7 Å². The molecule has 5 aromatic carbocycles. The predicted octanol–water partition coefficient (Wildman–Crippen LogP) is 7.48. The molecular weight excluding hydrogens is 632 g/mol. The summed E-state index contributed by atoms with van der Waals surface area (Å²) in [6.07, 6.45) is 2.83. The lowest BCUT2D eigenvalue weighted by molar-refractivity contribution is 0.101. The van der Waals surface area contributed by atoms with E-state index in [0.29, 0.717) is 45.5 Å². The molecule has 0 radical (unpaired) electrons. The van der Waals surface area contributed by atoms with Gasteiger partial charge >= 0.3 is 0 Å². The van der Waals surface area contributed by atoms with Gasteiger partial charge in [0.15, 0.2) is 0 Å². The highest BCUT2D eigenvalue weighted by atomic mass is 16.5. The van der Waals surface area contributed by atoms with Gasteiger partial charge in [-0.3, -0.25) is 19.2 Å². The molecule has 0 atom stereocenters. The molecule has 0 spiro atoms. The van der Waals surface area contributed by atoms with Crippen LogP contribution in [0.25, 0.3) is 21.8 Å². The van der Waals surface area contributed by atoms with Gasteiger partial charge in [-0.15, -0.1) is 0 Å². The summed E-state index contributed by atoms with van der Waals surface area (Å²) in [4.78, 5) is 55.6. The molecule has 0 aliphatic heterocycles. The SMILES string of the molecule is C.O=C(Nc1cccc(O)c1)c1c[nH]c2ccccc2c1=O.O=C(Nc1cccc(OCc2ccccc2)c1)c1c[nH]c2ccccc2c1=O. The van der Waals surface area contributed by atoms with E-state index < -0.39 is 11.8 Å². The average Bonchev–Trinajstić information content (AvgIpc) is 3.12. The number of aromatic nitrogens is 2. The Kier molecular flexibility index (Phi) is 10.8. The largest absolute Gasteiger partial charge is 0.508 e. The van der Waals surface area contributed by atoms with Gasteiger partial charge in [0, 0.05) is 57.7 Å². The van der Waals surface area contributed by atoms with E-state index >= 15 is 0 Å². The number of nitrogens with one attached hydrogen (secondary N) is 4. The lowest BCUT2D eigenvalue weighted by Crippen LogP contribution is -2.21. The first-order valence-electron chi connectivity index (χ1n) is 15.2. The second-order valence-corrected chi connectivity index (χ2v) is 10.9. The summed E-state index contributed by atoms with van der Waals surface area (Å²) < 4.78 is 5.78. The van der Waals surface area contributed by atoms with Crippen LogP contribution in [0.3, 0.4) is 0 Å². The first-order valence-corrected chi connectivity index (χ1v) is 15.2. The molecule has 250 valence electrons. The maximum atomic E-state index is 12.6. The Morgan fingerprint density at radius 3 is 1.66 bits per heavy atom. The van der Waals surface area contributed by atoms with Gasteiger partial charge in [-0.2, -0.15) is 0 Å². The van der Waals surface area contributed by atoms with Gasteiger partial charge in [0.2, 0.25) is 10.9 Å². The quantitative estimate of drug-likeness (QED) is 0.119. The summed E-state index contributed by atoms with van der Waals surface area (Å²) >= 11 is 0. The van der Waals surface area contributed by atoms with Gasteiger partial charge in [0.1, 0.15) is 29.2 Å². The number of carbonyl (C=O) groups is 2. The van der Waals surface area contributed by atoms with E-state index in [-0.39, 0.29) is 35.2 Å². The highest BCUT2D eigenvalue weighted by Crippen LogP contribution is 2.20. The number of phenols is 1. The molecule has 0 unspecified atom stereocenters. The van der Waals surface area contributed by atoms with E-state index in [1.807, 2.05) is 48.5 Å². The van der Waals surface area contributed by atoms with Crippen LogP contribution in [0.5, 0.6) is 11.5 Å². The van der Waals surface area contributed by atoms with Gasteiger partial charge in [-0.05, 0) is 54.1 Å². The number of hydrogen-bond acceptors (Lipinski definition) is 6. The molecule has 0 aliphatic rings. The van der Waals surface area contributed by atoms with Crippen molar-refractivity contribution in [2.75, 3.05) is 10.6 Å². The fourth-order valence-corrected chi connectivity index (χ4v) is 5.06. The van der Waals surface area contributed by atoms with Crippen molar-refractivity contribution in [3.05, 3.63) is 177 Å². The lowest BCUT2D eigenvalue weighted by Gasteiger charge is -2.09. The van der Waals surface area contributed by atoms with Crippen molar-refractivity contribution < 1.29 is 19.4 Å². The Morgan fingerprint density at radius 1 is 0.600 bits per heavy atom. The second-order valence-electron chi connectivity index (χ2n) is 10.9. The van der Waals surface area contributed by atoms with Gasteiger partial charge in [-0.1, -0.05) is 74.2 Å². The number of carbonyl (C=O) groups excluding carboxylic acids is 2. The first-order chi connectivity index (χ1) is 23.9. The number of pyridine rings is 2. The zero-order chi connectivity index (χ0) is 34.2. The Bertz CT molecular complexity index is 2400. The maximum Gasteiger partial charge on any atom is 0.261 e. The molecule has 2 aromatic heterocycles. The van der Waals surface area contributed by atoms with Crippen molar-refractivity contribution in [1.82, 2.24) is 9.97 Å². The van der Waals surface area contributed by atoms with Crippen LogP contribution >= 0.6 is 0 Å². The van der Waals surface area contributed by atoms with Gasteiger partial charge < -0.3 is 30.4 Å². The Morgan fingerprint density at radius 2 is 1.10 bits per heavy atom. The smallest absolute Gasteiger partial charge is 0.261 e. The molecule has 50 heavy (non-hydrogen) atoms. The topological polar surface area (TPSA) is 153 Å². The van der Waals surface area contributed by atoms with Gasteiger partial charge in [0.25, 0.3) is 11.8 Å². The van der Waals surface area contributed by atoms with Crippen molar-refractivity contribution in [1.29, 1.82) is 0 Å². The monoisotopic (exact) mass is 666 g/mol. The van der Waals surface area contributed by atoms with Crippen molar-refractivity contribution in [3.63, 3.8) is 0 Å². The third kappa shape index (κ3) is 8.12. The van der Waals surface area contributed by atoms with Crippen LogP contribution in [-0.2, 0) is 6.61 Å². The summed E-state index contributed by atoms with van der Waals surface area (Å²) in [5.41, 5.74) is 2.86. The number of ether oxygens (including phenoxy) is 1. The fourth-order valence-electron chi connectivity index (χ4n) is 5.06. The van der Waals surface area contributed by atoms with Crippen LogP contribution in [0.4, 0.5) is 11.4 Å². The number of amides is 2. The molecular formula is C40H34N4O6. The van der Waals surface area contributed by atoms with E-state index in [1.165, 1.54) is 24.5 Å². The highest BCUT2D eigenvalue weighted by Gasteiger charge is 2.14. The van der Waals surface area contributed by atoms with Crippen LogP contribution < -0.4 is 26.2 Å². The number of phenolic OH excluding ortho intramolecular Hbond substituents is 1. The maximum absolute atomic E-state index is 12.6. The molecule has 0 saturated heterocycles. The number of aromatic amines is 2. The Hall–Kier alpha value is -6.94. The minimum atomic E-state index is -0.521. The molecule has 2 amide bonds. The number of hydrogen-bond donors (Lipinski definition) is 5.